The molecule has 1 amide bonds. The molecule has 1 fully saturated rings. The van der Waals surface area contributed by atoms with Gasteiger partial charge < -0.3 is 14.5 Å². The van der Waals surface area contributed by atoms with Gasteiger partial charge in [0.25, 0.3) is 0 Å². The topological polar surface area (TPSA) is 51.5 Å². The number of ether oxygens (including phenoxy) is 1. The van der Waals surface area contributed by atoms with Crippen molar-refractivity contribution in [1.82, 2.24) is 5.32 Å². The first-order valence-electron chi connectivity index (χ1n) is 7.91. The molecule has 1 aromatic carbocycles. The first-order chi connectivity index (χ1) is 11.3. The molecule has 1 aliphatic heterocycles. The molecular formula is C19H21NO3. The first kappa shape index (κ1) is 15.6. The maximum Gasteiger partial charge on any atom is 0.244 e. The molecular weight excluding hydrogens is 290 g/mol. The number of carbonyl (C=O) groups is 1. The van der Waals surface area contributed by atoms with E-state index in [9.17, 15) is 4.79 Å². The Kier molecular flexibility index (Phi) is 4.93. The lowest BCUT2D eigenvalue weighted by molar-refractivity contribution is -0.116. The summed E-state index contributed by atoms with van der Waals surface area (Å²) in [4.78, 5) is 12.1. The molecule has 2 heterocycles. The van der Waals surface area contributed by atoms with Crippen molar-refractivity contribution in [2.24, 2.45) is 0 Å². The summed E-state index contributed by atoms with van der Waals surface area (Å²) in [5.41, 5.74) is 1.21. The van der Waals surface area contributed by atoms with E-state index in [2.05, 4.69) is 17.4 Å². The standard InChI is InChI=1S/C19H21NO3/c21-18(9-8-17-7-4-12-23-17)20-15-19(10-13-22-14-11-19)16-5-2-1-3-6-16/h1-9,12H,10-11,13-15H2,(H,20,21). The molecule has 4 heteroatoms. The fraction of sp³-hybridized carbons (Fsp3) is 0.316. The molecule has 2 aromatic rings. The average Bonchev–Trinajstić information content (AvgIpc) is 3.13. The van der Waals surface area contributed by atoms with E-state index in [-0.39, 0.29) is 11.3 Å². The quantitative estimate of drug-likeness (QED) is 0.863. The fourth-order valence-corrected chi connectivity index (χ4v) is 2.98. The van der Waals surface area contributed by atoms with Gasteiger partial charge in [0.1, 0.15) is 5.76 Å². The van der Waals surface area contributed by atoms with Crippen molar-refractivity contribution >= 4 is 12.0 Å². The summed E-state index contributed by atoms with van der Waals surface area (Å²) in [7, 11) is 0. The summed E-state index contributed by atoms with van der Waals surface area (Å²) in [6.07, 6.45) is 6.60. The minimum atomic E-state index is -0.108. The van der Waals surface area contributed by atoms with Crippen molar-refractivity contribution < 1.29 is 13.9 Å². The highest BCUT2D eigenvalue weighted by Crippen LogP contribution is 2.34. The zero-order chi connectivity index (χ0) is 16.0. The van der Waals surface area contributed by atoms with Crippen LogP contribution < -0.4 is 5.32 Å². The van der Waals surface area contributed by atoms with Gasteiger partial charge in [-0.1, -0.05) is 30.3 Å². The van der Waals surface area contributed by atoms with Crippen LogP contribution in [0.1, 0.15) is 24.2 Å². The summed E-state index contributed by atoms with van der Waals surface area (Å²) in [6.45, 7) is 2.07. The largest absolute Gasteiger partial charge is 0.465 e. The van der Waals surface area contributed by atoms with E-state index in [4.69, 9.17) is 9.15 Å². The zero-order valence-corrected chi connectivity index (χ0v) is 13.0. The van der Waals surface area contributed by atoms with Crippen LogP contribution in [0.5, 0.6) is 0 Å². The Hall–Kier alpha value is -2.33. The smallest absolute Gasteiger partial charge is 0.244 e. The minimum Gasteiger partial charge on any atom is -0.465 e. The van der Waals surface area contributed by atoms with Crippen LogP contribution in [0.2, 0.25) is 0 Å². The predicted molar refractivity (Wildman–Crippen MR) is 88.9 cm³/mol. The molecule has 0 saturated carbocycles. The van der Waals surface area contributed by atoms with Crippen LogP contribution >= 0.6 is 0 Å². The lowest BCUT2D eigenvalue weighted by Gasteiger charge is -2.37. The number of nitrogens with one attached hydrogen (secondary N) is 1. The van der Waals surface area contributed by atoms with Crippen molar-refractivity contribution in [1.29, 1.82) is 0 Å². The van der Waals surface area contributed by atoms with E-state index >= 15 is 0 Å². The van der Waals surface area contributed by atoms with Crippen LogP contribution in [0.3, 0.4) is 0 Å². The van der Waals surface area contributed by atoms with Crippen molar-refractivity contribution in [3.05, 3.63) is 66.1 Å². The summed E-state index contributed by atoms with van der Waals surface area (Å²) >= 11 is 0. The second kappa shape index (κ2) is 7.29. The number of benzene rings is 1. The highest BCUT2D eigenvalue weighted by Gasteiger charge is 2.34. The summed E-state index contributed by atoms with van der Waals surface area (Å²) in [6, 6.07) is 14.0. The molecule has 1 aromatic heterocycles. The minimum absolute atomic E-state index is 0.0479. The van der Waals surface area contributed by atoms with Gasteiger partial charge in [0.05, 0.1) is 6.26 Å². The Morgan fingerprint density at radius 2 is 1.91 bits per heavy atom. The maximum absolute atomic E-state index is 12.1. The normalized spacial score (nSPS) is 17.2. The highest BCUT2D eigenvalue weighted by molar-refractivity contribution is 5.91. The average molecular weight is 311 g/mol. The highest BCUT2D eigenvalue weighted by atomic mass is 16.5. The second-order valence-electron chi connectivity index (χ2n) is 5.83. The van der Waals surface area contributed by atoms with E-state index in [1.807, 2.05) is 24.3 Å². The van der Waals surface area contributed by atoms with E-state index < -0.39 is 0 Å². The molecule has 1 aliphatic rings. The third kappa shape index (κ3) is 3.90. The van der Waals surface area contributed by atoms with E-state index in [0.717, 1.165) is 26.1 Å². The van der Waals surface area contributed by atoms with Gasteiger partial charge in [-0.15, -0.1) is 0 Å². The predicted octanol–water partition coefficient (Wildman–Crippen LogP) is 3.16. The van der Waals surface area contributed by atoms with Gasteiger partial charge in [0.2, 0.25) is 5.91 Å². The molecule has 0 aliphatic carbocycles. The number of amides is 1. The van der Waals surface area contributed by atoms with Crippen molar-refractivity contribution in [3.63, 3.8) is 0 Å². The molecule has 0 unspecified atom stereocenters. The van der Waals surface area contributed by atoms with Crippen LogP contribution in [0, 0.1) is 0 Å². The van der Waals surface area contributed by atoms with Crippen LogP contribution in [0.4, 0.5) is 0 Å². The van der Waals surface area contributed by atoms with Gasteiger partial charge in [-0.05, 0) is 36.6 Å². The lowest BCUT2D eigenvalue weighted by Crippen LogP contribution is -2.44. The molecule has 1 N–H and O–H groups in total. The van der Waals surface area contributed by atoms with Gasteiger partial charge in [-0.3, -0.25) is 4.79 Å². The van der Waals surface area contributed by atoms with Gasteiger partial charge in [-0.2, -0.15) is 0 Å². The van der Waals surface area contributed by atoms with Crippen molar-refractivity contribution in [2.45, 2.75) is 18.3 Å². The van der Waals surface area contributed by atoms with Gasteiger partial charge in [0, 0.05) is 31.2 Å². The molecule has 0 atom stereocenters. The van der Waals surface area contributed by atoms with E-state index in [1.54, 1.807) is 18.4 Å². The zero-order valence-electron chi connectivity index (χ0n) is 13.0. The van der Waals surface area contributed by atoms with Gasteiger partial charge in [0.15, 0.2) is 0 Å². The van der Waals surface area contributed by atoms with Crippen LogP contribution in [0.15, 0.2) is 59.2 Å². The van der Waals surface area contributed by atoms with Gasteiger partial charge in [-0.25, -0.2) is 0 Å². The Bertz CT molecular complexity index is 641. The SMILES string of the molecule is O=C(C=Cc1ccco1)NCC1(c2ccccc2)CCOCC1. The lowest BCUT2D eigenvalue weighted by atomic mass is 9.74. The molecule has 1 saturated heterocycles. The number of rotatable bonds is 5. The van der Waals surface area contributed by atoms with Crippen molar-refractivity contribution in [3.8, 4) is 0 Å². The fourth-order valence-electron chi connectivity index (χ4n) is 2.98. The molecule has 0 radical (unpaired) electrons. The summed E-state index contributed by atoms with van der Waals surface area (Å²) in [5.74, 6) is 0.562. The Morgan fingerprint density at radius 3 is 2.61 bits per heavy atom. The summed E-state index contributed by atoms with van der Waals surface area (Å²) in [5, 5.41) is 3.03. The number of hydrogen-bond donors (Lipinski definition) is 1. The third-order valence-electron chi connectivity index (χ3n) is 4.38. The Morgan fingerprint density at radius 1 is 1.13 bits per heavy atom. The molecule has 0 bridgehead atoms. The molecule has 3 rings (SSSR count). The molecule has 4 nitrogen and oxygen atoms in total. The second-order valence-corrected chi connectivity index (χ2v) is 5.83. The van der Waals surface area contributed by atoms with Crippen LogP contribution in [-0.4, -0.2) is 25.7 Å². The summed E-state index contributed by atoms with van der Waals surface area (Å²) < 4.78 is 10.7. The maximum atomic E-state index is 12.1. The van der Waals surface area contributed by atoms with Gasteiger partial charge >= 0.3 is 0 Å². The molecule has 0 spiro atoms. The Labute approximate surface area is 136 Å². The molecule has 120 valence electrons. The third-order valence-corrected chi connectivity index (χ3v) is 4.38. The number of furan rings is 1. The van der Waals surface area contributed by atoms with Crippen molar-refractivity contribution in [2.75, 3.05) is 19.8 Å². The molecule has 23 heavy (non-hydrogen) atoms. The van der Waals surface area contributed by atoms with Crippen LogP contribution in [-0.2, 0) is 14.9 Å². The Balaban J connectivity index is 1.66. The number of carbonyl (C=O) groups excluding carboxylic acids is 1. The van der Waals surface area contributed by atoms with E-state index in [0.29, 0.717) is 12.3 Å². The van der Waals surface area contributed by atoms with Crippen LogP contribution in [0.25, 0.3) is 6.08 Å². The van der Waals surface area contributed by atoms with E-state index in [1.165, 1.54) is 11.6 Å². The monoisotopic (exact) mass is 311 g/mol. The number of hydrogen-bond acceptors (Lipinski definition) is 3. The first-order valence-corrected chi connectivity index (χ1v) is 7.91.